The molecule has 0 spiro atoms. The lowest BCUT2D eigenvalue weighted by Gasteiger charge is -2.09. The third-order valence-corrected chi connectivity index (χ3v) is 4.56. The van der Waals surface area contributed by atoms with Crippen LogP contribution in [0, 0.1) is 0 Å². The smallest absolute Gasteiger partial charge is 0.133 e. The zero-order chi connectivity index (χ0) is 14.4. The van der Waals surface area contributed by atoms with Crippen molar-refractivity contribution in [2.45, 2.75) is 64.0 Å². The highest BCUT2D eigenvalue weighted by Crippen LogP contribution is 2.44. The molecule has 112 valence electrons. The molecule has 2 aliphatic rings. The Balaban J connectivity index is 1.75. The van der Waals surface area contributed by atoms with Crippen molar-refractivity contribution in [1.82, 2.24) is 19.1 Å². The highest BCUT2D eigenvalue weighted by Gasteiger charge is 2.33. The Labute approximate surface area is 125 Å². The number of unbranched alkanes of at least 4 members (excludes halogenated alkanes) is 1. The first kappa shape index (κ1) is 12.9. The third-order valence-electron chi connectivity index (χ3n) is 4.56. The van der Waals surface area contributed by atoms with Gasteiger partial charge in [0.05, 0.1) is 18.2 Å². The average molecular weight is 285 g/mol. The lowest BCUT2D eigenvalue weighted by Crippen LogP contribution is -2.07. The van der Waals surface area contributed by atoms with E-state index >= 15 is 0 Å². The topological polar surface area (TPSA) is 61.7 Å². The zero-order valence-corrected chi connectivity index (χ0v) is 12.6. The molecule has 0 amide bonds. The molecule has 2 aromatic rings. The van der Waals surface area contributed by atoms with Gasteiger partial charge in [0.2, 0.25) is 0 Å². The summed E-state index contributed by atoms with van der Waals surface area (Å²) in [5.41, 5.74) is 8.48. The summed E-state index contributed by atoms with van der Waals surface area (Å²) in [5.74, 6) is 2.64. The molecule has 0 aliphatic heterocycles. The SMILES string of the molecule is CCCCn1c(C2CC2)nc(-c2cncn2C2CC2)c1N. The van der Waals surface area contributed by atoms with Crippen LogP contribution in [0.2, 0.25) is 0 Å². The number of hydrogen-bond donors (Lipinski definition) is 1. The zero-order valence-electron chi connectivity index (χ0n) is 12.6. The molecule has 0 radical (unpaired) electrons. The van der Waals surface area contributed by atoms with Crippen LogP contribution in [-0.2, 0) is 6.54 Å². The molecule has 2 fully saturated rings. The van der Waals surface area contributed by atoms with Gasteiger partial charge in [0.1, 0.15) is 17.3 Å². The molecule has 5 nitrogen and oxygen atoms in total. The van der Waals surface area contributed by atoms with Gasteiger partial charge in [-0.15, -0.1) is 0 Å². The molecule has 0 aromatic carbocycles. The van der Waals surface area contributed by atoms with E-state index in [-0.39, 0.29) is 0 Å². The fourth-order valence-electron chi connectivity index (χ4n) is 3.01. The summed E-state index contributed by atoms with van der Waals surface area (Å²) in [5, 5.41) is 0. The minimum absolute atomic E-state index is 0.604. The second kappa shape index (κ2) is 4.90. The van der Waals surface area contributed by atoms with Gasteiger partial charge in [-0.2, -0.15) is 0 Å². The summed E-state index contributed by atoms with van der Waals surface area (Å²) in [7, 11) is 0. The number of anilines is 1. The number of nitrogen functional groups attached to an aromatic ring is 1. The molecule has 0 bridgehead atoms. The summed E-state index contributed by atoms with van der Waals surface area (Å²) in [4.78, 5) is 9.24. The van der Waals surface area contributed by atoms with E-state index < -0.39 is 0 Å². The van der Waals surface area contributed by atoms with Gasteiger partial charge in [0.25, 0.3) is 0 Å². The van der Waals surface area contributed by atoms with E-state index in [1.54, 1.807) is 0 Å². The first-order valence-corrected chi connectivity index (χ1v) is 8.17. The van der Waals surface area contributed by atoms with Crippen LogP contribution in [-0.4, -0.2) is 19.1 Å². The maximum atomic E-state index is 6.45. The predicted molar refractivity (Wildman–Crippen MR) is 83.0 cm³/mol. The Morgan fingerprint density at radius 2 is 2.10 bits per heavy atom. The quantitative estimate of drug-likeness (QED) is 0.885. The molecule has 21 heavy (non-hydrogen) atoms. The van der Waals surface area contributed by atoms with Gasteiger partial charge in [0.15, 0.2) is 0 Å². The van der Waals surface area contributed by atoms with Crippen molar-refractivity contribution in [2.75, 3.05) is 5.73 Å². The van der Waals surface area contributed by atoms with Crippen LogP contribution in [0.1, 0.15) is 63.2 Å². The highest BCUT2D eigenvalue weighted by atomic mass is 15.2. The van der Waals surface area contributed by atoms with E-state index in [0.29, 0.717) is 12.0 Å². The normalized spacial score (nSPS) is 18.3. The molecule has 4 rings (SSSR count). The molecule has 2 N–H and O–H groups in total. The second-order valence-electron chi connectivity index (χ2n) is 6.40. The lowest BCUT2D eigenvalue weighted by molar-refractivity contribution is 0.609. The standard InChI is InChI=1S/C16H23N5/c1-2-3-8-20-15(17)14(19-16(20)11-4-5-11)13-9-18-10-21(13)12-6-7-12/h9-12H,2-8,17H2,1H3. The number of imidazole rings is 2. The van der Waals surface area contributed by atoms with Crippen LogP contribution in [0.25, 0.3) is 11.4 Å². The summed E-state index contributed by atoms with van der Waals surface area (Å²) in [6.07, 6.45) is 11.2. The van der Waals surface area contributed by atoms with Gasteiger partial charge in [0, 0.05) is 18.5 Å². The molecule has 2 saturated carbocycles. The van der Waals surface area contributed by atoms with Crippen molar-refractivity contribution in [3.63, 3.8) is 0 Å². The Morgan fingerprint density at radius 3 is 2.76 bits per heavy atom. The van der Waals surface area contributed by atoms with Gasteiger partial charge in [-0.1, -0.05) is 13.3 Å². The molecule has 2 aromatic heterocycles. The van der Waals surface area contributed by atoms with Gasteiger partial charge >= 0.3 is 0 Å². The summed E-state index contributed by atoms with van der Waals surface area (Å²) < 4.78 is 4.50. The number of rotatable bonds is 6. The Kier molecular flexibility index (Phi) is 3.01. The van der Waals surface area contributed by atoms with E-state index in [1.807, 2.05) is 12.5 Å². The van der Waals surface area contributed by atoms with Crippen LogP contribution in [0.5, 0.6) is 0 Å². The first-order chi connectivity index (χ1) is 10.3. The van der Waals surface area contributed by atoms with E-state index in [1.165, 1.54) is 37.9 Å². The summed E-state index contributed by atoms with van der Waals surface area (Å²) in [6, 6.07) is 0.604. The van der Waals surface area contributed by atoms with Gasteiger partial charge in [-0.3, -0.25) is 0 Å². The Hall–Kier alpha value is -1.78. The van der Waals surface area contributed by atoms with Crippen molar-refractivity contribution in [2.24, 2.45) is 0 Å². The fraction of sp³-hybridized carbons (Fsp3) is 0.625. The maximum Gasteiger partial charge on any atom is 0.133 e. The van der Waals surface area contributed by atoms with Crippen LogP contribution in [0.15, 0.2) is 12.5 Å². The molecule has 5 heteroatoms. The maximum absolute atomic E-state index is 6.45. The molecule has 2 heterocycles. The van der Waals surface area contributed by atoms with Gasteiger partial charge < -0.3 is 14.9 Å². The first-order valence-electron chi connectivity index (χ1n) is 8.17. The highest BCUT2D eigenvalue weighted by molar-refractivity contribution is 5.68. The fourth-order valence-corrected chi connectivity index (χ4v) is 3.01. The Morgan fingerprint density at radius 1 is 1.29 bits per heavy atom. The van der Waals surface area contributed by atoms with Crippen molar-refractivity contribution < 1.29 is 0 Å². The van der Waals surface area contributed by atoms with Crippen LogP contribution in [0.3, 0.4) is 0 Å². The average Bonchev–Trinajstić information content (AvgIpc) is 3.41. The largest absolute Gasteiger partial charge is 0.383 e. The molecule has 0 unspecified atom stereocenters. The van der Waals surface area contributed by atoms with Gasteiger partial charge in [-0.05, 0) is 32.1 Å². The minimum atomic E-state index is 0.604. The second-order valence-corrected chi connectivity index (χ2v) is 6.40. The van der Waals surface area contributed by atoms with Gasteiger partial charge in [-0.25, -0.2) is 9.97 Å². The molecular weight excluding hydrogens is 262 g/mol. The number of nitrogens with two attached hydrogens (primary N) is 1. The minimum Gasteiger partial charge on any atom is -0.383 e. The van der Waals surface area contributed by atoms with Crippen LogP contribution < -0.4 is 5.73 Å². The number of nitrogens with zero attached hydrogens (tertiary/aromatic N) is 4. The molecule has 2 aliphatic carbocycles. The van der Waals surface area contributed by atoms with Crippen LogP contribution in [0.4, 0.5) is 5.82 Å². The van der Waals surface area contributed by atoms with E-state index in [2.05, 4.69) is 21.0 Å². The third kappa shape index (κ3) is 2.24. The molecular formula is C16H23N5. The van der Waals surface area contributed by atoms with E-state index in [4.69, 9.17) is 10.7 Å². The van der Waals surface area contributed by atoms with Crippen molar-refractivity contribution in [3.8, 4) is 11.4 Å². The molecule has 0 saturated heterocycles. The predicted octanol–water partition coefficient (Wildman–Crippen LogP) is 3.34. The van der Waals surface area contributed by atoms with Crippen LogP contribution >= 0.6 is 0 Å². The van der Waals surface area contributed by atoms with E-state index in [9.17, 15) is 0 Å². The molecule has 0 atom stereocenters. The monoisotopic (exact) mass is 285 g/mol. The number of aromatic nitrogens is 4. The summed E-state index contributed by atoms with van der Waals surface area (Å²) >= 11 is 0. The lowest BCUT2D eigenvalue weighted by atomic mass is 10.3. The van der Waals surface area contributed by atoms with Crippen molar-refractivity contribution in [3.05, 3.63) is 18.3 Å². The summed E-state index contributed by atoms with van der Waals surface area (Å²) in [6.45, 7) is 3.20. The van der Waals surface area contributed by atoms with Crippen molar-refractivity contribution >= 4 is 5.82 Å². The van der Waals surface area contributed by atoms with E-state index in [0.717, 1.165) is 30.2 Å². The number of hydrogen-bond acceptors (Lipinski definition) is 3. The Bertz CT molecular complexity index is 646. The van der Waals surface area contributed by atoms with Crippen molar-refractivity contribution in [1.29, 1.82) is 0 Å².